The van der Waals surface area contributed by atoms with Crippen LogP contribution in [-0.4, -0.2) is 48.5 Å². The first-order valence-electron chi connectivity index (χ1n) is 7.52. The molecule has 0 aliphatic carbocycles. The molecule has 1 aromatic heterocycles. The summed E-state index contributed by atoms with van der Waals surface area (Å²) in [5, 5.41) is 14.3. The monoisotopic (exact) mass is 345 g/mol. The fraction of sp³-hybridized carbons (Fsp3) is 0.312. The summed E-state index contributed by atoms with van der Waals surface area (Å²) in [5.74, 6) is -0.595. The highest BCUT2D eigenvalue weighted by molar-refractivity contribution is 7.13. The van der Waals surface area contributed by atoms with Gasteiger partial charge < -0.3 is 10.2 Å². The summed E-state index contributed by atoms with van der Waals surface area (Å²) >= 11 is 1.38. The zero-order valence-corrected chi connectivity index (χ0v) is 13.7. The van der Waals surface area contributed by atoms with Gasteiger partial charge in [0.25, 0.3) is 0 Å². The molecular formula is C16H16FN5OS. The van der Waals surface area contributed by atoms with Gasteiger partial charge in [0.2, 0.25) is 5.91 Å². The van der Waals surface area contributed by atoms with Gasteiger partial charge in [-0.15, -0.1) is 11.3 Å². The second-order valence-electron chi connectivity index (χ2n) is 5.39. The average Bonchev–Trinajstić information content (AvgIpc) is 3.08. The highest BCUT2D eigenvalue weighted by Crippen LogP contribution is 2.23. The summed E-state index contributed by atoms with van der Waals surface area (Å²) in [6, 6.07) is 6.59. The molecule has 1 saturated heterocycles. The normalized spacial score (nSPS) is 15.1. The zero-order valence-electron chi connectivity index (χ0n) is 12.9. The Labute approximate surface area is 143 Å². The summed E-state index contributed by atoms with van der Waals surface area (Å²) < 4.78 is 13.7. The highest BCUT2D eigenvalue weighted by Gasteiger charge is 2.22. The van der Waals surface area contributed by atoms with Gasteiger partial charge in [-0.25, -0.2) is 9.37 Å². The minimum Gasteiger partial charge on any atom is -0.368 e. The Morgan fingerprint density at radius 3 is 2.83 bits per heavy atom. The van der Waals surface area contributed by atoms with Crippen molar-refractivity contribution in [2.45, 2.75) is 0 Å². The quantitative estimate of drug-likeness (QED) is 0.916. The van der Waals surface area contributed by atoms with E-state index in [1.165, 1.54) is 17.4 Å². The number of piperazine rings is 1. The third kappa shape index (κ3) is 3.69. The standard InChI is InChI=1S/C16H16FN5OS/c17-13-2-1-3-14(12(13)10-18)22-7-5-21(6-8-22)11-15(23)20-16-19-4-9-24-16/h1-4,9H,5-8,11H2,(H,19,20,23). The molecule has 1 fully saturated rings. The molecule has 0 atom stereocenters. The number of aromatic nitrogens is 1. The maximum Gasteiger partial charge on any atom is 0.240 e. The van der Waals surface area contributed by atoms with Crippen molar-refractivity contribution in [3.63, 3.8) is 0 Å². The minimum absolute atomic E-state index is 0.0764. The van der Waals surface area contributed by atoms with Crippen molar-refractivity contribution in [1.29, 1.82) is 5.26 Å². The zero-order chi connectivity index (χ0) is 16.9. The van der Waals surface area contributed by atoms with Crippen LogP contribution in [0.1, 0.15) is 5.56 Å². The molecule has 0 radical (unpaired) electrons. The van der Waals surface area contributed by atoms with Crippen LogP contribution >= 0.6 is 11.3 Å². The molecule has 2 heterocycles. The molecule has 0 spiro atoms. The van der Waals surface area contributed by atoms with Gasteiger partial charge in [0, 0.05) is 37.8 Å². The number of hydrogen-bond acceptors (Lipinski definition) is 6. The van der Waals surface area contributed by atoms with E-state index in [0.29, 0.717) is 43.5 Å². The Morgan fingerprint density at radius 1 is 1.38 bits per heavy atom. The molecule has 0 saturated carbocycles. The summed E-state index contributed by atoms with van der Waals surface area (Å²) in [6.45, 7) is 2.92. The van der Waals surface area contributed by atoms with E-state index in [2.05, 4.69) is 10.3 Å². The van der Waals surface area contributed by atoms with Crippen molar-refractivity contribution >= 4 is 28.1 Å². The Bertz CT molecular complexity index is 750. The number of nitrogens with zero attached hydrogens (tertiary/aromatic N) is 4. The fourth-order valence-electron chi connectivity index (χ4n) is 2.68. The highest BCUT2D eigenvalue weighted by atomic mass is 32.1. The van der Waals surface area contributed by atoms with E-state index in [9.17, 15) is 9.18 Å². The van der Waals surface area contributed by atoms with Gasteiger partial charge in [-0.3, -0.25) is 9.69 Å². The number of carbonyl (C=O) groups is 1. The molecule has 0 unspecified atom stereocenters. The number of thiazole rings is 1. The molecule has 1 N–H and O–H groups in total. The van der Waals surface area contributed by atoms with E-state index in [-0.39, 0.29) is 11.5 Å². The van der Waals surface area contributed by atoms with E-state index in [0.717, 1.165) is 0 Å². The number of nitriles is 1. The Balaban J connectivity index is 1.55. The van der Waals surface area contributed by atoms with Gasteiger partial charge in [-0.05, 0) is 12.1 Å². The van der Waals surface area contributed by atoms with Gasteiger partial charge >= 0.3 is 0 Å². The molecule has 1 aliphatic heterocycles. The van der Waals surface area contributed by atoms with Crippen LogP contribution in [0.4, 0.5) is 15.2 Å². The third-order valence-electron chi connectivity index (χ3n) is 3.86. The molecule has 1 amide bonds. The molecule has 124 valence electrons. The summed E-state index contributed by atoms with van der Waals surface area (Å²) in [6.07, 6.45) is 1.64. The van der Waals surface area contributed by atoms with E-state index >= 15 is 0 Å². The van der Waals surface area contributed by atoms with Crippen molar-refractivity contribution in [3.8, 4) is 6.07 Å². The van der Waals surface area contributed by atoms with Crippen molar-refractivity contribution in [3.05, 3.63) is 41.2 Å². The lowest BCUT2D eigenvalue weighted by atomic mass is 10.1. The number of anilines is 2. The van der Waals surface area contributed by atoms with Gasteiger partial charge in [-0.1, -0.05) is 6.07 Å². The predicted octanol–water partition coefficient (Wildman–Crippen LogP) is 1.91. The molecular weight excluding hydrogens is 329 g/mol. The number of carbonyl (C=O) groups excluding carboxylic acids is 1. The van der Waals surface area contributed by atoms with Crippen LogP contribution < -0.4 is 10.2 Å². The second kappa shape index (κ2) is 7.38. The SMILES string of the molecule is N#Cc1c(F)cccc1N1CCN(CC(=O)Nc2nccs2)CC1. The molecule has 2 aromatic rings. The maximum absolute atomic E-state index is 13.7. The van der Waals surface area contributed by atoms with Crippen molar-refractivity contribution in [2.75, 3.05) is 42.9 Å². The van der Waals surface area contributed by atoms with Crippen LogP contribution in [0.2, 0.25) is 0 Å². The Morgan fingerprint density at radius 2 is 2.17 bits per heavy atom. The summed E-state index contributed by atoms with van der Waals surface area (Å²) in [4.78, 5) is 20.0. The molecule has 3 rings (SSSR count). The number of halogens is 1. The first-order chi connectivity index (χ1) is 11.7. The number of hydrogen-bond donors (Lipinski definition) is 1. The Kier molecular flexibility index (Phi) is 5.03. The number of nitrogens with one attached hydrogen (secondary N) is 1. The van der Waals surface area contributed by atoms with Crippen LogP contribution in [-0.2, 0) is 4.79 Å². The van der Waals surface area contributed by atoms with Gasteiger partial charge in [0.15, 0.2) is 5.13 Å². The van der Waals surface area contributed by atoms with Crippen LogP contribution in [0.5, 0.6) is 0 Å². The van der Waals surface area contributed by atoms with Crippen molar-refractivity contribution in [1.82, 2.24) is 9.88 Å². The van der Waals surface area contributed by atoms with E-state index in [4.69, 9.17) is 5.26 Å². The topological polar surface area (TPSA) is 72.3 Å². The molecule has 8 heteroatoms. The lowest BCUT2D eigenvalue weighted by Crippen LogP contribution is -2.48. The lowest BCUT2D eigenvalue weighted by molar-refractivity contribution is -0.117. The first kappa shape index (κ1) is 16.4. The lowest BCUT2D eigenvalue weighted by Gasteiger charge is -2.36. The smallest absolute Gasteiger partial charge is 0.240 e. The number of amides is 1. The first-order valence-corrected chi connectivity index (χ1v) is 8.40. The molecule has 24 heavy (non-hydrogen) atoms. The fourth-order valence-corrected chi connectivity index (χ4v) is 3.23. The molecule has 1 aromatic carbocycles. The van der Waals surface area contributed by atoms with Gasteiger partial charge in [0.1, 0.15) is 17.4 Å². The second-order valence-corrected chi connectivity index (χ2v) is 6.29. The van der Waals surface area contributed by atoms with Crippen LogP contribution in [0.3, 0.4) is 0 Å². The Hall–Kier alpha value is -2.50. The maximum atomic E-state index is 13.7. The largest absolute Gasteiger partial charge is 0.368 e. The van der Waals surface area contributed by atoms with Crippen molar-refractivity contribution in [2.24, 2.45) is 0 Å². The van der Waals surface area contributed by atoms with Gasteiger partial charge in [0.05, 0.1) is 12.2 Å². The summed E-state index contributed by atoms with van der Waals surface area (Å²) in [7, 11) is 0. The van der Waals surface area contributed by atoms with Crippen LogP contribution in [0.25, 0.3) is 0 Å². The number of benzene rings is 1. The van der Waals surface area contributed by atoms with Crippen LogP contribution in [0.15, 0.2) is 29.8 Å². The van der Waals surface area contributed by atoms with E-state index in [1.54, 1.807) is 23.7 Å². The third-order valence-corrected chi connectivity index (χ3v) is 4.55. The summed E-state index contributed by atoms with van der Waals surface area (Å²) in [5.41, 5.74) is 0.692. The minimum atomic E-state index is -0.500. The van der Waals surface area contributed by atoms with E-state index in [1.807, 2.05) is 15.9 Å². The predicted molar refractivity (Wildman–Crippen MR) is 90.5 cm³/mol. The van der Waals surface area contributed by atoms with Gasteiger partial charge in [-0.2, -0.15) is 5.26 Å². The number of rotatable bonds is 4. The molecule has 0 bridgehead atoms. The van der Waals surface area contributed by atoms with E-state index < -0.39 is 5.82 Å². The molecule has 6 nitrogen and oxygen atoms in total. The van der Waals surface area contributed by atoms with Crippen molar-refractivity contribution < 1.29 is 9.18 Å². The van der Waals surface area contributed by atoms with Crippen LogP contribution in [0, 0.1) is 17.1 Å². The average molecular weight is 345 g/mol. The molecule has 1 aliphatic rings.